The van der Waals surface area contributed by atoms with Crippen LogP contribution in [0.4, 0.5) is 5.69 Å². The van der Waals surface area contributed by atoms with Crippen molar-refractivity contribution < 1.29 is 4.79 Å². The molecule has 0 N–H and O–H groups in total. The first-order valence-corrected chi connectivity index (χ1v) is 9.28. The van der Waals surface area contributed by atoms with Crippen LogP contribution in [0.5, 0.6) is 0 Å². The predicted molar refractivity (Wildman–Crippen MR) is 105 cm³/mol. The average Bonchev–Trinajstić information content (AvgIpc) is 2.67. The molecular formula is C21H28N4O. The van der Waals surface area contributed by atoms with Gasteiger partial charge in [0, 0.05) is 50.8 Å². The van der Waals surface area contributed by atoms with Gasteiger partial charge in [0.25, 0.3) is 0 Å². The van der Waals surface area contributed by atoms with Crippen molar-refractivity contribution in [1.82, 2.24) is 14.8 Å². The minimum Gasteiger partial charge on any atom is -0.368 e. The maximum absolute atomic E-state index is 12.6. The fourth-order valence-electron chi connectivity index (χ4n) is 3.32. The van der Waals surface area contributed by atoms with E-state index in [2.05, 4.69) is 46.0 Å². The molecule has 0 saturated carbocycles. The summed E-state index contributed by atoms with van der Waals surface area (Å²) in [5, 5.41) is 0. The molecule has 5 heteroatoms. The molecule has 1 aliphatic rings. The Labute approximate surface area is 156 Å². The van der Waals surface area contributed by atoms with E-state index in [0.29, 0.717) is 6.54 Å². The number of carbonyl (C=O) groups excluding carboxylic acids is 1. The van der Waals surface area contributed by atoms with Crippen LogP contribution in [0.25, 0.3) is 0 Å². The second-order valence-electron chi connectivity index (χ2n) is 7.05. The summed E-state index contributed by atoms with van der Waals surface area (Å²) in [6.45, 7) is 6.86. The van der Waals surface area contributed by atoms with E-state index < -0.39 is 0 Å². The van der Waals surface area contributed by atoms with Gasteiger partial charge in [0.2, 0.25) is 5.91 Å². The number of likely N-dealkylation sites (N-methyl/N-ethyl adjacent to an activating group) is 1. The van der Waals surface area contributed by atoms with Gasteiger partial charge in [-0.1, -0.05) is 12.1 Å². The molecule has 1 saturated heterocycles. The number of piperazine rings is 1. The second-order valence-corrected chi connectivity index (χ2v) is 7.05. The molecular weight excluding hydrogens is 324 g/mol. The normalized spacial score (nSPS) is 14.7. The van der Waals surface area contributed by atoms with Crippen LogP contribution >= 0.6 is 0 Å². The number of hydrogen-bond donors (Lipinski definition) is 0. The molecule has 138 valence electrons. The summed E-state index contributed by atoms with van der Waals surface area (Å²) in [5.74, 6) is 0.228. The maximum Gasteiger partial charge on any atom is 0.236 e. The van der Waals surface area contributed by atoms with E-state index in [1.807, 2.05) is 36.5 Å². The predicted octanol–water partition coefficient (Wildman–Crippen LogP) is 2.21. The highest BCUT2D eigenvalue weighted by molar-refractivity contribution is 5.78. The van der Waals surface area contributed by atoms with Gasteiger partial charge >= 0.3 is 0 Å². The summed E-state index contributed by atoms with van der Waals surface area (Å²) in [6.07, 6.45) is 4.57. The molecule has 0 atom stereocenters. The van der Waals surface area contributed by atoms with Crippen LogP contribution in [0, 0.1) is 6.92 Å². The first-order chi connectivity index (χ1) is 12.6. The van der Waals surface area contributed by atoms with Crippen LogP contribution in [-0.2, 0) is 11.2 Å². The Balaban J connectivity index is 1.43. The van der Waals surface area contributed by atoms with Gasteiger partial charge in [0.15, 0.2) is 0 Å². The zero-order valence-electron chi connectivity index (χ0n) is 15.8. The minimum atomic E-state index is 0.228. The number of pyridine rings is 1. The van der Waals surface area contributed by atoms with Crippen molar-refractivity contribution in [2.75, 3.05) is 51.2 Å². The molecule has 1 aromatic carbocycles. The van der Waals surface area contributed by atoms with Gasteiger partial charge in [0.05, 0.1) is 6.54 Å². The number of benzene rings is 1. The number of nitrogens with zero attached hydrogens (tertiary/aromatic N) is 4. The van der Waals surface area contributed by atoms with E-state index in [0.717, 1.165) is 39.1 Å². The number of anilines is 1. The molecule has 1 aromatic heterocycles. The fourth-order valence-corrected chi connectivity index (χ4v) is 3.32. The quantitative estimate of drug-likeness (QED) is 0.799. The number of aromatic nitrogens is 1. The summed E-state index contributed by atoms with van der Waals surface area (Å²) in [5.41, 5.74) is 3.79. The third-order valence-corrected chi connectivity index (χ3v) is 4.94. The molecule has 3 rings (SSSR count). The van der Waals surface area contributed by atoms with E-state index in [-0.39, 0.29) is 5.91 Å². The van der Waals surface area contributed by atoms with Crippen molar-refractivity contribution >= 4 is 11.6 Å². The highest BCUT2D eigenvalue weighted by Gasteiger charge is 2.22. The van der Waals surface area contributed by atoms with Crippen LogP contribution in [0.2, 0.25) is 0 Å². The van der Waals surface area contributed by atoms with Crippen molar-refractivity contribution in [1.29, 1.82) is 0 Å². The number of hydrogen-bond acceptors (Lipinski definition) is 4. The van der Waals surface area contributed by atoms with Gasteiger partial charge in [-0.05, 0) is 55.8 Å². The standard InChI is InChI=1S/C21H28N4O/c1-18-4-3-5-20(16-18)24-12-14-25(15-13-24)21(26)17-23(2)11-8-19-6-9-22-10-7-19/h3-7,9-10,16H,8,11-15,17H2,1-2H3. The second kappa shape index (κ2) is 8.81. The van der Waals surface area contributed by atoms with Gasteiger partial charge < -0.3 is 9.80 Å². The molecule has 0 unspecified atom stereocenters. The van der Waals surface area contributed by atoms with Gasteiger partial charge in [-0.25, -0.2) is 0 Å². The van der Waals surface area contributed by atoms with Gasteiger partial charge in [-0.15, -0.1) is 0 Å². The summed E-state index contributed by atoms with van der Waals surface area (Å²) in [7, 11) is 2.02. The lowest BCUT2D eigenvalue weighted by atomic mass is 10.2. The number of aryl methyl sites for hydroxylation is 1. The molecule has 0 radical (unpaired) electrons. The van der Waals surface area contributed by atoms with Crippen molar-refractivity contribution in [3.63, 3.8) is 0 Å². The van der Waals surface area contributed by atoms with Crippen LogP contribution in [0.15, 0.2) is 48.8 Å². The summed E-state index contributed by atoms with van der Waals surface area (Å²) >= 11 is 0. The Kier molecular flexibility index (Phi) is 6.23. The fraction of sp³-hybridized carbons (Fsp3) is 0.429. The van der Waals surface area contributed by atoms with Crippen LogP contribution in [-0.4, -0.2) is 67.0 Å². The zero-order chi connectivity index (χ0) is 18.4. The highest BCUT2D eigenvalue weighted by Crippen LogP contribution is 2.17. The molecule has 2 heterocycles. The third kappa shape index (κ3) is 5.05. The van der Waals surface area contributed by atoms with Crippen molar-refractivity contribution in [3.05, 3.63) is 59.9 Å². The van der Waals surface area contributed by atoms with Crippen molar-refractivity contribution in [2.24, 2.45) is 0 Å². The van der Waals surface area contributed by atoms with Gasteiger partial charge in [0.1, 0.15) is 0 Å². The number of amides is 1. The molecule has 5 nitrogen and oxygen atoms in total. The van der Waals surface area contributed by atoms with E-state index in [9.17, 15) is 4.79 Å². The minimum absolute atomic E-state index is 0.228. The third-order valence-electron chi connectivity index (χ3n) is 4.94. The number of rotatable bonds is 6. The Morgan fingerprint density at radius 2 is 1.85 bits per heavy atom. The van der Waals surface area contributed by atoms with Crippen molar-refractivity contribution in [3.8, 4) is 0 Å². The van der Waals surface area contributed by atoms with E-state index in [1.54, 1.807) is 0 Å². The number of carbonyl (C=O) groups is 1. The highest BCUT2D eigenvalue weighted by atomic mass is 16.2. The summed E-state index contributed by atoms with van der Waals surface area (Å²) < 4.78 is 0. The van der Waals surface area contributed by atoms with Crippen LogP contribution < -0.4 is 4.90 Å². The van der Waals surface area contributed by atoms with E-state index in [1.165, 1.54) is 16.8 Å². The lowest BCUT2D eigenvalue weighted by Gasteiger charge is -2.37. The van der Waals surface area contributed by atoms with E-state index >= 15 is 0 Å². The smallest absolute Gasteiger partial charge is 0.236 e. The Bertz CT molecular complexity index is 711. The van der Waals surface area contributed by atoms with Crippen LogP contribution in [0.1, 0.15) is 11.1 Å². The van der Waals surface area contributed by atoms with Crippen molar-refractivity contribution in [2.45, 2.75) is 13.3 Å². The Morgan fingerprint density at radius 1 is 1.12 bits per heavy atom. The molecule has 26 heavy (non-hydrogen) atoms. The first-order valence-electron chi connectivity index (χ1n) is 9.28. The molecule has 1 aliphatic heterocycles. The first kappa shape index (κ1) is 18.4. The largest absolute Gasteiger partial charge is 0.368 e. The zero-order valence-corrected chi connectivity index (χ0v) is 15.8. The summed E-state index contributed by atoms with van der Waals surface area (Å²) in [6, 6.07) is 12.6. The molecule has 0 bridgehead atoms. The molecule has 1 fully saturated rings. The van der Waals surface area contributed by atoms with E-state index in [4.69, 9.17) is 0 Å². The Hall–Kier alpha value is -2.40. The monoisotopic (exact) mass is 352 g/mol. The molecule has 0 spiro atoms. The summed E-state index contributed by atoms with van der Waals surface area (Å²) in [4.78, 5) is 23.1. The molecule has 2 aromatic rings. The topological polar surface area (TPSA) is 39.7 Å². The SMILES string of the molecule is Cc1cccc(N2CCN(C(=O)CN(C)CCc3ccncc3)CC2)c1. The van der Waals surface area contributed by atoms with Gasteiger partial charge in [-0.2, -0.15) is 0 Å². The lowest BCUT2D eigenvalue weighted by molar-refractivity contribution is -0.132. The van der Waals surface area contributed by atoms with Crippen LogP contribution in [0.3, 0.4) is 0 Å². The molecule has 0 aliphatic carbocycles. The maximum atomic E-state index is 12.6. The van der Waals surface area contributed by atoms with Gasteiger partial charge in [-0.3, -0.25) is 14.7 Å². The lowest BCUT2D eigenvalue weighted by Crippen LogP contribution is -2.51. The average molecular weight is 352 g/mol. The Morgan fingerprint density at radius 3 is 2.54 bits per heavy atom. The molecule has 1 amide bonds.